The third-order valence-electron chi connectivity index (χ3n) is 5.13. The predicted molar refractivity (Wildman–Crippen MR) is 111 cm³/mol. The molecule has 0 aliphatic rings. The molecule has 0 saturated heterocycles. The summed E-state index contributed by atoms with van der Waals surface area (Å²) < 4.78 is 0. The highest BCUT2D eigenvalue weighted by molar-refractivity contribution is 7.10. The van der Waals surface area contributed by atoms with E-state index in [0.717, 1.165) is 15.6 Å². The lowest BCUT2D eigenvalue weighted by atomic mass is 10.2. The Kier molecular flexibility index (Phi) is 5.34. The van der Waals surface area contributed by atoms with Crippen molar-refractivity contribution >= 4 is 41.5 Å². The summed E-state index contributed by atoms with van der Waals surface area (Å²) in [7, 11) is -2.63. The van der Waals surface area contributed by atoms with Crippen molar-refractivity contribution in [1.82, 2.24) is 0 Å². The third kappa shape index (κ3) is 3.81. The van der Waals surface area contributed by atoms with Gasteiger partial charge in [-0.25, -0.2) is 14.4 Å². The summed E-state index contributed by atoms with van der Waals surface area (Å²) in [6.07, 6.45) is 0. The summed E-state index contributed by atoms with van der Waals surface area (Å²) in [5.41, 5.74) is 0.521. The second-order valence-electron chi connectivity index (χ2n) is 6.77. The molecular formula is C22H18O6Si. The van der Waals surface area contributed by atoms with Crippen LogP contribution in [0.4, 0.5) is 0 Å². The molecule has 0 aromatic heterocycles. The van der Waals surface area contributed by atoms with E-state index in [0.29, 0.717) is 0 Å². The van der Waals surface area contributed by atoms with Gasteiger partial charge in [0.2, 0.25) is 0 Å². The predicted octanol–water partition coefficient (Wildman–Crippen LogP) is 1.88. The maximum atomic E-state index is 11.2. The Balaban J connectivity index is 2.18. The molecule has 3 N–H and O–H groups in total. The Labute approximate surface area is 167 Å². The highest BCUT2D eigenvalue weighted by Gasteiger charge is 2.34. The van der Waals surface area contributed by atoms with E-state index >= 15 is 0 Å². The fourth-order valence-electron chi connectivity index (χ4n) is 3.34. The van der Waals surface area contributed by atoms with Crippen molar-refractivity contribution in [3.63, 3.8) is 0 Å². The lowest BCUT2D eigenvalue weighted by molar-refractivity contribution is 0.0686. The van der Waals surface area contributed by atoms with Gasteiger partial charge in [0.25, 0.3) is 0 Å². The molecule has 0 fully saturated rings. The number of aromatic carboxylic acids is 3. The smallest absolute Gasteiger partial charge is 0.335 e. The molecule has 29 heavy (non-hydrogen) atoms. The van der Waals surface area contributed by atoms with Crippen LogP contribution in [0, 0.1) is 0 Å². The summed E-state index contributed by atoms with van der Waals surface area (Å²) >= 11 is 0. The number of benzene rings is 3. The van der Waals surface area contributed by atoms with Crippen LogP contribution in [-0.2, 0) is 0 Å². The molecule has 0 aliphatic carbocycles. The molecule has 0 amide bonds. The van der Waals surface area contributed by atoms with E-state index in [1.165, 1.54) is 0 Å². The lowest BCUT2D eigenvalue weighted by Crippen LogP contribution is -2.64. The zero-order valence-corrected chi connectivity index (χ0v) is 16.5. The van der Waals surface area contributed by atoms with Crippen molar-refractivity contribution in [2.75, 3.05) is 0 Å². The van der Waals surface area contributed by atoms with Crippen LogP contribution in [0.2, 0.25) is 6.55 Å². The zero-order valence-electron chi connectivity index (χ0n) is 15.5. The summed E-state index contributed by atoms with van der Waals surface area (Å²) in [5, 5.41) is 30.3. The first-order valence-corrected chi connectivity index (χ1v) is 11.2. The first kappa shape index (κ1) is 20.0. The van der Waals surface area contributed by atoms with Crippen LogP contribution >= 0.6 is 0 Å². The van der Waals surface area contributed by atoms with Gasteiger partial charge in [0, 0.05) is 0 Å². The molecule has 0 aliphatic heterocycles. The van der Waals surface area contributed by atoms with Crippen LogP contribution in [0.25, 0.3) is 0 Å². The van der Waals surface area contributed by atoms with Crippen LogP contribution < -0.4 is 15.6 Å². The summed E-state index contributed by atoms with van der Waals surface area (Å²) in [6, 6.07) is 19.9. The number of hydrogen-bond donors (Lipinski definition) is 3. The van der Waals surface area contributed by atoms with Crippen molar-refractivity contribution in [3.8, 4) is 0 Å². The maximum Gasteiger partial charge on any atom is 0.335 e. The average molecular weight is 406 g/mol. The van der Waals surface area contributed by atoms with E-state index in [4.69, 9.17) is 0 Å². The first-order chi connectivity index (χ1) is 13.7. The van der Waals surface area contributed by atoms with Crippen molar-refractivity contribution < 1.29 is 29.7 Å². The molecular weight excluding hydrogens is 388 g/mol. The Bertz CT molecular complexity index is 930. The molecule has 0 saturated carbocycles. The van der Waals surface area contributed by atoms with Crippen molar-refractivity contribution in [2.45, 2.75) is 6.55 Å². The fourth-order valence-corrected chi connectivity index (χ4v) is 6.84. The summed E-state index contributed by atoms with van der Waals surface area (Å²) in [6.45, 7) is 2.06. The molecule has 3 aromatic carbocycles. The second kappa shape index (κ2) is 7.73. The van der Waals surface area contributed by atoms with Gasteiger partial charge in [-0.2, -0.15) is 0 Å². The molecule has 0 bridgehead atoms. The van der Waals surface area contributed by atoms with Gasteiger partial charge >= 0.3 is 17.9 Å². The minimum atomic E-state index is -2.63. The van der Waals surface area contributed by atoms with Gasteiger partial charge < -0.3 is 15.3 Å². The van der Waals surface area contributed by atoms with Crippen molar-refractivity contribution in [2.24, 2.45) is 0 Å². The molecule has 0 radical (unpaired) electrons. The van der Waals surface area contributed by atoms with Crippen LogP contribution in [0.5, 0.6) is 0 Å². The van der Waals surface area contributed by atoms with E-state index in [2.05, 4.69) is 6.55 Å². The number of carboxylic acids is 3. The molecule has 146 valence electrons. The standard InChI is InChI=1S/C22H18O6Si/c1-29(17-8-2-14(3-9-17)20(23)24,18-10-4-15(5-11-18)21(25)26)19-12-6-16(7-13-19)22(27)28/h2-13H,1H3,(H,23,24)(H,25,26)(H,27,28). The molecule has 0 heterocycles. The molecule has 6 nitrogen and oxygen atoms in total. The summed E-state index contributed by atoms with van der Waals surface area (Å²) in [5.74, 6) is -3.05. The minimum Gasteiger partial charge on any atom is -0.478 e. The highest BCUT2D eigenvalue weighted by Crippen LogP contribution is 2.11. The molecule has 0 unspecified atom stereocenters. The molecule has 0 spiro atoms. The van der Waals surface area contributed by atoms with Crippen LogP contribution in [0.3, 0.4) is 0 Å². The van der Waals surface area contributed by atoms with Crippen LogP contribution in [-0.4, -0.2) is 41.3 Å². The van der Waals surface area contributed by atoms with E-state index < -0.39 is 26.0 Å². The largest absolute Gasteiger partial charge is 0.478 e. The van der Waals surface area contributed by atoms with E-state index in [1.54, 1.807) is 72.8 Å². The first-order valence-electron chi connectivity index (χ1n) is 8.75. The zero-order chi connectivity index (χ0) is 21.2. The fraction of sp³-hybridized carbons (Fsp3) is 0.0455. The summed E-state index contributed by atoms with van der Waals surface area (Å²) in [4.78, 5) is 33.6. The quantitative estimate of drug-likeness (QED) is 0.426. The van der Waals surface area contributed by atoms with Gasteiger partial charge in [0.1, 0.15) is 8.07 Å². The minimum absolute atomic E-state index is 0.174. The average Bonchev–Trinajstić information content (AvgIpc) is 2.73. The van der Waals surface area contributed by atoms with Gasteiger partial charge in [0.05, 0.1) is 16.7 Å². The third-order valence-corrected chi connectivity index (χ3v) is 9.59. The van der Waals surface area contributed by atoms with Crippen molar-refractivity contribution in [3.05, 3.63) is 89.5 Å². The maximum absolute atomic E-state index is 11.2. The highest BCUT2D eigenvalue weighted by atomic mass is 28.3. The number of carbonyl (C=O) groups is 3. The molecule has 3 aromatic rings. The van der Waals surface area contributed by atoms with Gasteiger partial charge in [0.15, 0.2) is 0 Å². The Morgan fingerprint density at radius 1 is 0.517 bits per heavy atom. The number of rotatable bonds is 6. The molecule has 3 rings (SSSR count). The molecule has 7 heteroatoms. The Hall–Kier alpha value is -3.71. The van der Waals surface area contributed by atoms with Gasteiger partial charge in [-0.1, -0.05) is 42.9 Å². The second-order valence-corrected chi connectivity index (χ2v) is 10.8. The Morgan fingerprint density at radius 3 is 0.897 bits per heavy atom. The van der Waals surface area contributed by atoms with Crippen LogP contribution in [0.1, 0.15) is 31.1 Å². The van der Waals surface area contributed by atoms with Gasteiger partial charge in [-0.15, -0.1) is 0 Å². The van der Waals surface area contributed by atoms with E-state index in [1.807, 2.05) is 0 Å². The SMILES string of the molecule is C[Si](c1ccc(C(=O)O)cc1)(c1ccc(C(=O)O)cc1)c1ccc(C(=O)O)cc1. The van der Waals surface area contributed by atoms with Gasteiger partial charge in [-0.05, 0) is 52.0 Å². The number of hydrogen-bond acceptors (Lipinski definition) is 3. The van der Waals surface area contributed by atoms with Gasteiger partial charge in [-0.3, -0.25) is 0 Å². The van der Waals surface area contributed by atoms with E-state index in [9.17, 15) is 29.7 Å². The van der Waals surface area contributed by atoms with Crippen LogP contribution in [0.15, 0.2) is 72.8 Å². The monoisotopic (exact) mass is 406 g/mol. The van der Waals surface area contributed by atoms with Crippen molar-refractivity contribution in [1.29, 1.82) is 0 Å². The lowest BCUT2D eigenvalue weighted by Gasteiger charge is -2.30. The molecule has 0 atom stereocenters. The Morgan fingerprint density at radius 2 is 0.724 bits per heavy atom. The van der Waals surface area contributed by atoms with E-state index in [-0.39, 0.29) is 16.7 Å². The number of carboxylic acid groups (broad SMARTS) is 3. The topological polar surface area (TPSA) is 112 Å². The normalized spacial score (nSPS) is 11.1.